The lowest BCUT2D eigenvalue weighted by molar-refractivity contribution is 0.0347. The van der Waals surface area contributed by atoms with E-state index in [1.165, 1.54) is 38.2 Å². The monoisotopic (exact) mass is 279 g/mol. The average Bonchev–Trinajstić information content (AvgIpc) is 2.44. The van der Waals surface area contributed by atoms with Crippen LogP contribution in [0.1, 0.15) is 57.7 Å². The molecule has 112 valence electrons. The molecule has 0 amide bonds. The van der Waals surface area contributed by atoms with E-state index in [4.69, 9.17) is 4.74 Å². The number of hydrogen-bond donors (Lipinski definition) is 2. The van der Waals surface area contributed by atoms with Crippen LogP contribution in [-0.4, -0.2) is 29.2 Å². The molecule has 1 heterocycles. The molecule has 5 nitrogen and oxygen atoms in total. The highest BCUT2D eigenvalue weighted by Gasteiger charge is 2.13. The third kappa shape index (κ3) is 4.63. The summed E-state index contributed by atoms with van der Waals surface area (Å²) in [6, 6.07) is 1.49. The van der Waals surface area contributed by atoms with Crippen LogP contribution >= 0.6 is 0 Å². The number of nitrogens with zero attached hydrogens (tertiary/aromatic N) is 1. The Morgan fingerprint density at radius 2 is 2.15 bits per heavy atom. The van der Waals surface area contributed by atoms with Crippen LogP contribution in [0.25, 0.3) is 0 Å². The molecule has 2 rings (SSSR count). The molecule has 1 aliphatic carbocycles. The van der Waals surface area contributed by atoms with Crippen molar-refractivity contribution in [3.8, 4) is 0 Å². The second kappa shape index (κ2) is 7.43. The summed E-state index contributed by atoms with van der Waals surface area (Å²) in [5, 5.41) is 3.16. The van der Waals surface area contributed by atoms with Gasteiger partial charge in [0.1, 0.15) is 11.6 Å². The molecule has 2 N–H and O–H groups in total. The first-order chi connectivity index (χ1) is 9.65. The van der Waals surface area contributed by atoms with Gasteiger partial charge in [0.2, 0.25) is 0 Å². The molecule has 0 aliphatic heterocycles. The zero-order chi connectivity index (χ0) is 14.4. The lowest BCUT2D eigenvalue weighted by atomic mass is 9.98. The first-order valence-corrected chi connectivity index (χ1v) is 7.62. The van der Waals surface area contributed by atoms with Gasteiger partial charge in [0.15, 0.2) is 0 Å². The highest BCUT2D eigenvalue weighted by molar-refractivity contribution is 5.33. The molecule has 0 unspecified atom stereocenters. The summed E-state index contributed by atoms with van der Waals surface area (Å²) in [5.41, 5.74) is -0.112. The highest BCUT2D eigenvalue weighted by Crippen LogP contribution is 2.20. The molecule has 0 radical (unpaired) electrons. The highest BCUT2D eigenvalue weighted by atomic mass is 16.5. The minimum atomic E-state index is -0.112. The zero-order valence-corrected chi connectivity index (χ0v) is 12.4. The molecule has 1 aromatic heterocycles. The summed E-state index contributed by atoms with van der Waals surface area (Å²) in [5.74, 6) is 1.56. The van der Waals surface area contributed by atoms with Crippen LogP contribution < -0.4 is 10.9 Å². The van der Waals surface area contributed by atoms with Crippen molar-refractivity contribution in [2.75, 3.05) is 18.5 Å². The Bertz CT molecular complexity index is 464. The Hall–Kier alpha value is -1.36. The molecule has 1 aromatic rings. The molecule has 0 saturated heterocycles. The average molecular weight is 279 g/mol. The van der Waals surface area contributed by atoms with Gasteiger partial charge >= 0.3 is 0 Å². The van der Waals surface area contributed by atoms with Crippen molar-refractivity contribution >= 4 is 5.82 Å². The standard InChI is InChI=1S/C15H25N3O2/c1-11(2)15-17-13(10-14(19)18-15)16-8-9-20-12-6-4-3-5-7-12/h10-12H,3-9H2,1-2H3,(H2,16,17,18,19). The van der Waals surface area contributed by atoms with E-state index in [1.807, 2.05) is 13.8 Å². The van der Waals surface area contributed by atoms with Crippen LogP contribution in [-0.2, 0) is 4.74 Å². The van der Waals surface area contributed by atoms with Gasteiger partial charge in [-0.2, -0.15) is 0 Å². The van der Waals surface area contributed by atoms with Gasteiger partial charge in [-0.1, -0.05) is 33.1 Å². The molecule has 20 heavy (non-hydrogen) atoms. The maximum absolute atomic E-state index is 11.5. The van der Waals surface area contributed by atoms with Gasteiger partial charge in [-0.15, -0.1) is 0 Å². The van der Waals surface area contributed by atoms with Crippen molar-refractivity contribution in [3.63, 3.8) is 0 Å². The first-order valence-electron chi connectivity index (χ1n) is 7.62. The van der Waals surface area contributed by atoms with E-state index in [0.29, 0.717) is 30.9 Å². The topological polar surface area (TPSA) is 67.0 Å². The molecule has 0 bridgehead atoms. The van der Waals surface area contributed by atoms with E-state index < -0.39 is 0 Å². The largest absolute Gasteiger partial charge is 0.376 e. The fourth-order valence-electron chi connectivity index (χ4n) is 2.48. The number of nitrogens with one attached hydrogen (secondary N) is 2. The first kappa shape index (κ1) is 15.0. The van der Waals surface area contributed by atoms with Gasteiger partial charge in [-0.05, 0) is 12.8 Å². The Kier molecular flexibility index (Phi) is 5.59. The van der Waals surface area contributed by atoms with E-state index in [9.17, 15) is 4.79 Å². The maximum Gasteiger partial charge on any atom is 0.252 e. The minimum absolute atomic E-state index is 0.112. The van der Waals surface area contributed by atoms with Crippen molar-refractivity contribution in [2.24, 2.45) is 0 Å². The maximum atomic E-state index is 11.5. The third-order valence-electron chi connectivity index (χ3n) is 3.62. The summed E-state index contributed by atoms with van der Waals surface area (Å²) in [7, 11) is 0. The van der Waals surface area contributed by atoms with Crippen molar-refractivity contribution in [1.82, 2.24) is 9.97 Å². The number of H-pyrrole nitrogens is 1. The smallest absolute Gasteiger partial charge is 0.252 e. The molecule has 0 aromatic carbocycles. The van der Waals surface area contributed by atoms with Crippen molar-refractivity contribution < 1.29 is 4.74 Å². The summed E-state index contributed by atoms with van der Waals surface area (Å²) >= 11 is 0. The predicted molar refractivity (Wildman–Crippen MR) is 80.3 cm³/mol. The van der Waals surface area contributed by atoms with Gasteiger partial charge < -0.3 is 15.0 Å². The lowest BCUT2D eigenvalue weighted by Crippen LogP contribution is -2.21. The number of ether oxygens (including phenoxy) is 1. The summed E-state index contributed by atoms with van der Waals surface area (Å²) < 4.78 is 5.84. The SMILES string of the molecule is CC(C)c1nc(NCCOC2CCCCC2)cc(=O)[nH]1. The molecular formula is C15H25N3O2. The number of aromatic nitrogens is 2. The van der Waals surface area contributed by atoms with E-state index in [1.54, 1.807) is 0 Å². The lowest BCUT2D eigenvalue weighted by Gasteiger charge is -2.22. The normalized spacial score (nSPS) is 16.6. The summed E-state index contributed by atoms with van der Waals surface area (Å²) in [6.45, 7) is 5.36. The van der Waals surface area contributed by atoms with E-state index >= 15 is 0 Å². The number of rotatable bonds is 6. The van der Waals surface area contributed by atoms with E-state index in [0.717, 1.165) is 0 Å². The molecule has 5 heteroatoms. The molecule has 1 aliphatic rings. The molecule has 0 atom stereocenters. The Balaban J connectivity index is 1.77. The molecule has 1 fully saturated rings. The van der Waals surface area contributed by atoms with Crippen molar-refractivity contribution in [1.29, 1.82) is 0 Å². The quantitative estimate of drug-likeness (QED) is 0.786. The van der Waals surface area contributed by atoms with Crippen molar-refractivity contribution in [3.05, 3.63) is 22.2 Å². The molecule has 1 saturated carbocycles. The fourth-order valence-corrected chi connectivity index (χ4v) is 2.48. The van der Waals surface area contributed by atoms with Crippen LogP contribution in [0.2, 0.25) is 0 Å². The van der Waals surface area contributed by atoms with Crippen LogP contribution in [0, 0.1) is 0 Å². The van der Waals surface area contributed by atoms with E-state index in [-0.39, 0.29) is 11.5 Å². The number of anilines is 1. The van der Waals surface area contributed by atoms with Crippen LogP contribution in [0.15, 0.2) is 10.9 Å². The molecular weight excluding hydrogens is 254 g/mol. The Morgan fingerprint density at radius 3 is 2.85 bits per heavy atom. The Morgan fingerprint density at radius 1 is 1.40 bits per heavy atom. The Labute approximate surface area is 120 Å². The predicted octanol–water partition coefficient (Wildman–Crippen LogP) is 2.65. The van der Waals surface area contributed by atoms with Gasteiger partial charge in [-0.3, -0.25) is 4.79 Å². The van der Waals surface area contributed by atoms with Crippen LogP contribution in [0.3, 0.4) is 0 Å². The number of aromatic amines is 1. The third-order valence-corrected chi connectivity index (χ3v) is 3.62. The van der Waals surface area contributed by atoms with Crippen LogP contribution in [0.4, 0.5) is 5.82 Å². The van der Waals surface area contributed by atoms with Gasteiger partial charge in [0.25, 0.3) is 5.56 Å². The van der Waals surface area contributed by atoms with Gasteiger partial charge in [-0.25, -0.2) is 4.98 Å². The second-order valence-corrected chi connectivity index (χ2v) is 5.73. The second-order valence-electron chi connectivity index (χ2n) is 5.73. The number of hydrogen-bond acceptors (Lipinski definition) is 4. The minimum Gasteiger partial charge on any atom is -0.376 e. The van der Waals surface area contributed by atoms with Gasteiger partial charge in [0, 0.05) is 18.5 Å². The van der Waals surface area contributed by atoms with Crippen molar-refractivity contribution in [2.45, 2.75) is 58.0 Å². The fraction of sp³-hybridized carbons (Fsp3) is 0.733. The van der Waals surface area contributed by atoms with E-state index in [2.05, 4.69) is 15.3 Å². The summed E-state index contributed by atoms with van der Waals surface area (Å²) in [4.78, 5) is 18.7. The summed E-state index contributed by atoms with van der Waals surface area (Å²) in [6.07, 6.45) is 6.69. The zero-order valence-electron chi connectivity index (χ0n) is 12.4. The van der Waals surface area contributed by atoms with Gasteiger partial charge in [0.05, 0.1) is 12.7 Å². The van der Waals surface area contributed by atoms with Crippen LogP contribution in [0.5, 0.6) is 0 Å². The molecule has 0 spiro atoms.